The van der Waals surface area contributed by atoms with Crippen molar-refractivity contribution in [1.29, 1.82) is 10.5 Å². The Kier molecular flexibility index (Phi) is 3.53. The summed E-state index contributed by atoms with van der Waals surface area (Å²) in [6.07, 6.45) is 1.60. The molecular formula is C14H10N4. The lowest BCUT2D eigenvalue weighted by atomic mass is 10.1. The first-order valence-corrected chi connectivity index (χ1v) is 5.41. The number of hydrogen-bond donors (Lipinski definition) is 1. The van der Waals surface area contributed by atoms with Crippen molar-refractivity contribution in [3.8, 4) is 12.1 Å². The van der Waals surface area contributed by atoms with Gasteiger partial charge in [0.05, 0.1) is 23.3 Å². The number of nitriles is 2. The number of rotatable bonds is 3. The lowest BCUT2D eigenvalue weighted by Crippen LogP contribution is -2.01. The first-order chi connectivity index (χ1) is 8.81. The molecule has 1 aromatic heterocycles. The van der Waals surface area contributed by atoms with E-state index in [4.69, 9.17) is 10.5 Å². The molecule has 0 saturated heterocycles. The van der Waals surface area contributed by atoms with Gasteiger partial charge in [-0.05, 0) is 29.8 Å². The van der Waals surface area contributed by atoms with E-state index < -0.39 is 0 Å². The minimum Gasteiger partial charge on any atom is -0.366 e. The zero-order valence-corrected chi connectivity index (χ0v) is 9.59. The maximum Gasteiger partial charge on any atom is 0.127 e. The summed E-state index contributed by atoms with van der Waals surface area (Å²) in [4.78, 5) is 4.12. The van der Waals surface area contributed by atoms with Gasteiger partial charge in [0, 0.05) is 12.7 Å². The molecule has 2 aromatic rings. The molecule has 1 N–H and O–H groups in total. The van der Waals surface area contributed by atoms with Crippen molar-refractivity contribution in [1.82, 2.24) is 4.98 Å². The van der Waals surface area contributed by atoms with E-state index in [1.807, 2.05) is 12.1 Å². The summed E-state index contributed by atoms with van der Waals surface area (Å²) in [6.45, 7) is 0.605. The van der Waals surface area contributed by atoms with Crippen molar-refractivity contribution in [3.63, 3.8) is 0 Å². The van der Waals surface area contributed by atoms with Crippen LogP contribution in [0.25, 0.3) is 0 Å². The normalized spacial score (nSPS) is 9.22. The predicted molar refractivity (Wildman–Crippen MR) is 67.4 cm³/mol. The van der Waals surface area contributed by atoms with Gasteiger partial charge in [-0.2, -0.15) is 10.5 Å². The van der Waals surface area contributed by atoms with Crippen LogP contribution in [-0.2, 0) is 6.54 Å². The van der Waals surface area contributed by atoms with Gasteiger partial charge in [0.2, 0.25) is 0 Å². The topological polar surface area (TPSA) is 72.5 Å². The van der Waals surface area contributed by atoms with Crippen molar-refractivity contribution in [3.05, 3.63) is 59.3 Å². The standard InChI is InChI=1S/C14H10N4/c15-8-11-1-3-12(4-2-11)10-18-14-7-13(9-16)5-6-17-14/h1-7H,10H2,(H,17,18). The molecule has 4 nitrogen and oxygen atoms in total. The summed E-state index contributed by atoms with van der Waals surface area (Å²) in [6, 6.07) is 14.8. The monoisotopic (exact) mass is 234 g/mol. The maximum atomic E-state index is 8.77. The second kappa shape index (κ2) is 5.47. The van der Waals surface area contributed by atoms with E-state index in [9.17, 15) is 0 Å². The van der Waals surface area contributed by atoms with Crippen molar-refractivity contribution in [2.24, 2.45) is 0 Å². The van der Waals surface area contributed by atoms with E-state index >= 15 is 0 Å². The summed E-state index contributed by atoms with van der Waals surface area (Å²) >= 11 is 0. The van der Waals surface area contributed by atoms with Crippen LogP contribution in [0.4, 0.5) is 5.82 Å². The van der Waals surface area contributed by atoms with Crippen molar-refractivity contribution >= 4 is 5.82 Å². The Balaban J connectivity index is 2.02. The first-order valence-electron chi connectivity index (χ1n) is 5.41. The molecule has 0 aliphatic carbocycles. The van der Waals surface area contributed by atoms with Gasteiger partial charge in [-0.1, -0.05) is 12.1 Å². The minimum atomic E-state index is 0.576. The lowest BCUT2D eigenvalue weighted by Gasteiger charge is -2.05. The Morgan fingerprint density at radius 2 is 1.72 bits per heavy atom. The largest absolute Gasteiger partial charge is 0.366 e. The highest BCUT2D eigenvalue weighted by molar-refractivity contribution is 5.43. The van der Waals surface area contributed by atoms with Crippen LogP contribution >= 0.6 is 0 Å². The van der Waals surface area contributed by atoms with Gasteiger partial charge < -0.3 is 5.32 Å². The Bertz CT molecular complexity index is 617. The molecule has 0 amide bonds. The highest BCUT2D eigenvalue weighted by atomic mass is 15.0. The first kappa shape index (κ1) is 11.6. The molecule has 0 atom stereocenters. The second-order valence-corrected chi connectivity index (χ2v) is 3.70. The molecule has 1 heterocycles. The molecule has 0 unspecified atom stereocenters. The van der Waals surface area contributed by atoms with Crippen LogP contribution in [0.1, 0.15) is 16.7 Å². The maximum absolute atomic E-state index is 8.77. The number of anilines is 1. The fourth-order valence-corrected chi connectivity index (χ4v) is 1.49. The molecule has 0 bridgehead atoms. The van der Waals surface area contributed by atoms with Gasteiger partial charge in [0.1, 0.15) is 5.82 Å². The van der Waals surface area contributed by atoms with Gasteiger partial charge in [0.15, 0.2) is 0 Å². The van der Waals surface area contributed by atoms with Gasteiger partial charge in [-0.15, -0.1) is 0 Å². The molecule has 0 fully saturated rings. The number of pyridine rings is 1. The van der Waals surface area contributed by atoms with Gasteiger partial charge in [0.25, 0.3) is 0 Å². The van der Waals surface area contributed by atoms with E-state index in [1.54, 1.807) is 30.5 Å². The minimum absolute atomic E-state index is 0.576. The predicted octanol–water partition coefficient (Wildman–Crippen LogP) is 2.44. The number of benzene rings is 1. The third kappa shape index (κ3) is 2.84. The second-order valence-electron chi connectivity index (χ2n) is 3.70. The number of nitrogens with one attached hydrogen (secondary N) is 1. The van der Waals surface area contributed by atoms with Crippen LogP contribution in [0, 0.1) is 22.7 Å². The van der Waals surface area contributed by atoms with E-state index in [-0.39, 0.29) is 0 Å². The van der Waals surface area contributed by atoms with Gasteiger partial charge in [-0.25, -0.2) is 4.98 Å². The molecular weight excluding hydrogens is 224 g/mol. The SMILES string of the molecule is N#Cc1ccc(CNc2cc(C#N)ccn2)cc1. The number of nitrogens with zero attached hydrogens (tertiary/aromatic N) is 3. The van der Waals surface area contributed by atoms with E-state index in [1.165, 1.54) is 0 Å². The lowest BCUT2D eigenvalue weighted by molar-refractivity contribution is 1.11. The van der Waals surface area contributed by atoms with Crippen LogP contribution in [0.15, 0.2) is 42.6 Å². The summed E-state index contributed by atoms with van der Waals surface area (Å²) in [5.74, 6) is 0.665. The van der Waals surface area contributed by atoms with Crippen molar-refractivity contribution < 1.29 is 0 Å². The van der Waals surface area contributed by atoms with Crippen molar-refractivity contribution in [2.75, 3.05) is 5.32 Å². The molecule has 4 heteroatoms. The molecule has 0 saturated carbocycles. The molecule has 18 heavy (non-hydrogen) atoms. The highest BCUT2D eigenvalue weighted by Crippen LogP contribution is 2.09. The summed E-state index contributed by atoms with van der Waals surface area (Å²) in [5.41, 5.74) is 2.27. The highest BCUT2D eigenvalue weighted by Gasteiger charge is 1.97. The molecule has 2 rings (SSSR count). The average molecular weight is 234 g/mol. The molecule has 0 spiro atoms. The molecule has 0 aliphatic rings. The zero-order chi connectivity index (χ0) is 12.8. The van der Waals surface area contributed by atoms with Crippen LogP contribution in [-0.4, -0.2) is 4.98 Å². The van der Waals surface area contributed by atoms with Crippen LogP contribution in [0.2, 0.25) is 0 Å². The molecule has 0 aliphatic heterocycles. The van der Waals surface area contributed by atoms with Crippen LogP contribution < -0.4 is 5.32 Å². The summed E-state index contributed by atoms with van der Waals surface area (Å²) in [7, 11) is 0. The third-order valence-corrected chi connectivity index (χ3v) is 2.45. The third-order valence-electron chi connectivity index (χ3n) is 2.45. The van der Waals surface area contributed by atoms with E-state index in [0.717, 1.165) is 5.56 Å². The molecule has 86 valence electrons. The quantitative estimate of drug-likeness (QED) is 0.885. The zero-order valence-electron chi connectivity index (χ0n) is 9.59. The van der Waals surface area contributed by atoms with Crippen molar-refractivity contribution in [2.45, 2.75) is 6.54 Å². The molecule has 1 aromatic carbocycles. The average Bonchev–Trinajstić information content (AvgIpc) is 2.46. The van der Waals surface area contributed by atoms with Gasteiger partial charge >= 0.3 is 0 Å². The Morgan fingerprint density at radius 3 is 2.39 bits per heavy atom. The molecule has 0 radical (unpaired) electrons. The number of hydrogen-bond acceptors (Lipinski definition) is 4. The van der Waals surface area contributed by atoms with Gasteiger partial charge in [-0.3, -0.25) is 0 Å². The van der Waals surface area contributed by atoms with Crippen LogP contribution in [0.3, 0.4) is 0 Å². The summed E-state index contributed by atoms with van der Waals surface area (Å²) in [5, 5.41) is 20.6. The number of aromatic nitrogens is 1. The Morgan fingerprint density at radius 1 is 1.00 bits per heavy atom. The van der Waals surface area contributed by atoms with E-state index in [0.29, 0.717) is 23.5 Å². The summed E-state index contributed by atoms with van der Waals surface area (Å²) < 4.78 is 0. The Hall–Kier alpha value is -2.85. The van der Waals surface area contributed by atoms with Crippen LogP contribution in [0.5, 0.6) is 0 Å². The smallest absolute Gasteiger partial charge is 0.127 e. The Labute approximate surface area is 105 Å². The fourth-order valence-electron chi connectivity index (χ4n) is 1.49. The fraction of sp³-hybridized carbons (Fsp3) is 0.0714. The van der Waals surface area contributed by atoms with E-state index in [2.05, 4.69) is 22.4 Å².